The third kappa shape index (κ3) is 4.41. The number of hydrogen-bond acceptors (Lipinski definition) is 2. The maximum absolute atomic E-state index is 13.4. The van der Waals surface area contributed by atoms with E-state index in [2.05, 4.69) is 0 Å². The average Bonchev–Trinajstić information content (AvgIpc) is 2.58. The van der Waals surface area contributed by atoms with Crippen LogP contribution in [0, 0.1) is 0 Å². The van der Waals surface area contributed by atoms with Crippen LogP contribution in [-0.4, -0.2) is 22.5 Å². The van der Waals surface area contributed by atoms with Crippen molar-refractivity contribution in [2.45, 2.75) is 70.3 Å². The Kier molecular flexibility index (Phi) is 5.77. The van der Waals surface area contributed by atoms with Gasteiger partial charge in [0.05, 0.1) is 0 Å². The lowest BCUT2D eigenvalue weighted by Gasteiger charge is -2.36. The van der Waals surface area contributed by atoms with Gasteiger partial charge in [-0.05, 0) is 33.1 Å². The molecule has 2 rings (SSSR count). The van der Waals surface area contributed by atoms with Crippen LogP contribution in [0.4, 0.5) is 13.2 Å². The lowest BCUT2D eigenvalue weighted by Crippen LogP contribution is -2.49. The molecule has 2 aromatic carbocycles. The highest BCUT2D eigenvalue weighted by atomic mass is 19.4. The van der Waals surface area contributed by atoms with Crippen LogP contribution in [0.15, 0.2) is 48.5 Å². The van der Waals surface area contributed by atoms with E-state index < -0.39 is 17.9 Å². The summed E-state index contributed by atoms with van der Waals surface area (Å²) in [6.07, 6.45) is -7.94. The second kappa shape index (κ2) is 7.20. The second-order valence-corrected chi connectivity index (χ2v) is 9.37. The van der Waals surface area contributed by atoms with Crippen LogP contribution >= 0.6 is 0 Å². The first-order valence-corrected chi connectivity index (χ1v) is 9.27. The fraction of sp³-hybridized carbons (Fsp3) is 0.478. The molecule has 154 valence electrons. The predicted octanol–water partition coefficient (Wildman–Crippen LogP) is 5.44. The molecule has 0 fully saturated rings. The van der Waals surface area contributed by atoms with Gasteiger partial charge in [-0.3, -0.25) is 0 Å². The lowest BCUT2D eigenvalue weighted by molar-refractivity contribution is -0.250. The molecule has 2 N–H and O–H groups in total. The smallest absolute Gasteiger partial charge is 0.381 e. The molecular formula is C23H29F3O2. The third-order valence-electron chi connectivity index (χ3n) is 5.09. The van der Waals surface area contributed by atoms with Gasteiger partial charge in [-0.15, -0.1) is 0 Å². The molecule has 0 aliphatic heterocycles. The quantitative estimate of drug-likeness (QED) is 0.728. The van der Waals surface area contributed by atoms with Gasteiger partial charge >= 0.3 is 6.18 Å². The summed E-state index contributed by atoms with van der Waals surface area (Å²) in [4.78, 5) is 0. The Morgan fingerprint density at radius 2 is 0.857 bits per heavy atom. The molecule has 0 radical (unpaired) electrons. The Balaban J connectivity index is 2.62. The van der Waals surface area contributed by atoms with Crippen LogP contribution in [0.1, 0.15) is 63.8 Å². The van der Waals surface area contributed by atoms with Gasteiger partial charge in [0.25, 0.3) is 0 Å². The van der Waals surface area contributed by atoms with Crippen molar-refractivity contribution in [1.82, 2.24) is 0 Å². The summed E-state index contributed by atoms with van der Waals surface area (Å²) in [5.74, 6) is 0. The molecule has 0 heterocycles. The normalized spacial score (nSPS) is 14.8. The fourth-order valence-corrected chi connectivity index (χ4v) is 3.17. The summed E-state index contributed by atoms with van der Waals surface area (Å²) in [7, 11) is 0. The fourth-order valence-electron chi connectivity index (χ4n) is 3.17. The Morgan fingerprint density at radius 1 is 0.607 bits per heavy atom. The summed E-state index contributed by atoms with van der Waals surface area (Å²) >= 11 is 0. The summed E-state index contributed by atoms with van der Waals surface area (Å²) < 4.78 is 40.3. The Bertz CT molecular complexity index is 735. The number of benzene rings is 2. The maximum Gasteiger partial charge on any atom is 0.417 e. The van der Waals surface area contributed by atoms with Gasteiger partial charge < -0.3 is 10.2 Å². The molecule has 0 saturated carbocycles. The van der Waals surface area contributed by atoms with Gasteiger partial charge in [0.15, 0.2) is 6.10 Å². The van der Waals surface area contributed by atoms with E-state index >= 15 is 0 Å². The summed E-state index contributed by atoms with van der Waals surface area (Å²) in [5.41, 5.74) is -1.15. The first-order valence-electron chi connectivity index (χ1n) is 9.27. The predicted molar refractivity (Wildman–Crippen MR) is 105 cm³/mol. The molecule has 0 saturated heterocycles. The molecule has 0 aromatic heterocycles. The van der Waals surface area contributed by atoms with Crippen molar-refractivity contribution in [2.24, 2.45) is 0 Å². The highest BCUT2D eigenvalue weighted by Gasteiger charge is 2.54. The van der Waals surface area contributed by atoms with Gasteiger partial charge in [0, 0.05) is 0 Å². The van der Waals surface area contributed by atoms with Crippen LogP contribution in [-0.2, 0) is 16.4 Å². The van der Waals surface area contributed by atoms with Gasteiger partial charge in [-0.25, -0.2) is 0 Å². The van der Waals surface area contributed by atoms with Crippen molar-refractivity contribution in [3.8, 4) is 0 Å². The van der Waals surface area contributed by atoms with Crippen molar-refractivity contribution in [2.75, 3.05) is 0 Å². The lowest BCUT2D eigenvalue weighted by atomic mass is 9.78. The largest absolute Gasteiger partial charge is 0.417 e. The molecule has 28 heavy (non-hydrogen) atoms. The van der Waals surface area contributed by atoms with E-state index in [4.69, 9.17) is 0 Å². The first-order chi connectivity index (χ1) is 12.6. The monoisotopic (exact) mass is 394 g/mol. The maximum atomic E-state index is 13.4. The van der Waals surface area contributed by atoms with E-state index in [1.807, 2.05) is 41.5 Å². The number of aliphatic hydroxyl groups is 2. The Hall–Kier alpha value is -1.85. The van der Waals surface area contributed by atoms with Crippen LogP contribution in [0.3, 0.4) is 0 Å². The molecule has 0 bridgehead atoms. The van der Waals surface area contributed by atoms with Crippen LogP contribution in [0.5, 0.6) is 0 Å². The van der Waals surface area contributed by atoms with Crippen molar-refractivity contribution in [3.63, 3.8) is 0 Å². The van der Waals surface area contributed by atoms with Gasteiger partial charge in [0.1, 0.15) is 5.60 Å². The molecule has 0 aliphatic rings. The van der Waals surface area contributed by atoms with Crippen LogP contribution < -0.4 is 0 Å². The van der Waals surface area contributed by atoms with E-state index in [1.165, 1.54) is 24.3 Å². The van der Waals surface area contributed by atoms with E-state index in [0.717, 1.165) is 11.1 Å². The molecule has 2 nitrogen and oxygen atoms in total. The summed E-state index contributed by atoms with van der Waals surface area (Å²) in [6, 6.07) is 12.6. The minimum atomic E-state index is -4.99. The van der Waals surface area contributed by atoms with E-state index in [0.29, 0.717) is 0 Å². The highest BCUT2D eigenvalue weighted by molar-refractivity contribution is 5.42. The zero-order valence-corrected chi connectivity index (χ0v) is 17.2. The van der Waals surface area contributed by atoms with Gasteiger partial charge in [-0.2, -0.15) is 13.2 Å². The zero-order valence-electron chi connectivity index (χ0n) is 17.2. The molecule has 1 unspecified atom stereocenters. The minimum absolute atomic E-state index is 0.00571. The SMILES string of the molecule is CC(C)(C)c1ccc(C(O)(c2ccc(C(C)(C)C)cc2)C(O)C(F)(F)F)cc1. The average molecular weight is 394 g/mol. The number of alkyl halides is 3. The number of aliphatic hydroxyl groups excluding tert-OH is 1. The molecule has 0 spiro atoms. The standard InChI is InChI=1S/C23H29F3O2/c1-20(2,3)15-7-11-17(12-8-15)22(28,19(27)23(24,25)26)18-13-9-16(10-14-18)21(4,5)6/h7-14,19,27-28H,1-6H3. The first kappa shape index (κ1) is 22.4. The second-order valence-electron chi connectivity index (χ2n) is 9.37. The van der Waals surface area contributed by atoms with Crippen molar-refractivity contribution < 1.29 is 23.4 Å². The third-order valence-corrected chi connectivity index (χ3v) is 5.09. The Labute approximate surface area is 165 Å². The van der Waals surface area contributed by atoms with Crippen LogP contribution in [0.2, 0.25) is 0 Å². The van der Waals surface area contributed by atoms with Crippen LogP contribution in [0.25, 0.3) is 0 Å². The Morgan fingerprint density at radius 3 is 1.07 bits per heavy atom. The molecule has 0 amide bonds. The van der Waals surface area contributed by atoms with Crippen molar-refractivity contribution >= 4 is 0 Å². The summed E-state index contributed by atoms with van der Waals surface area (Å²) in [5, 5.41) is 21.3. The number of halogens is 3. The highest BCUT2D eigenvalue weighted by Crippen LogP contribution is 2.41. The molecule has 1 atom stereocenters. The number of hydrogen-bond donors (Lipinski definition) is 2. The van der Waals surface area contributed by atoms with Gasteiger partial charge in [0.2, 0.25) is 0 Å². The summed E-state index contributed by atoms with van der Waals surface area (Å²) in [6.45, 7) is 11.9. The van der Waals surface area contributed by atoms with Gasteiger partial charge in [-0.1, -0.05) is 90.1 Å². The molecular weight excluding hydrogens is 365 g/mol. The van der Waals surface area contributed by atoms with E-state index in [1.54, 1.807) is 24.3 Å². The topological polar surface area (TPSA) is 40.5 Å². The molecule has 2 aromatic rings. The number of rotatable bonds is 3. The minimum Gasteiger partial charge on any atom is -0.381 e. The molecule has 5 heteroatoms. The van der Waals surface area contributed by atoms with Crippen molar-refractivity contribution in [3.05, 3.63) is 70.8 Å². The van der Waals surface area contributed by atoms with E-state index in [-0.39, 0.29) is 22.0 Å². The molecule has 0 aliphatic carbocycles. The van der Waals surface area contributed by atoms with Crippen molar-refractivity contribution in [1.29, 1.82) is 0 Å². The zero-order chi connectivity index (χ0) is 21.5. The van der Waals surface area contributed by atoms with E-state index in [9.17, 15) is 23.4 Å².